The highest BCUT2D eigenvalue weighted by Crippen LogP contribution is 2.27. The second kappa shape index (κ2) is 6.69. The smallest absolute Gasteiger partial charge is 0.0704 e. The molecule has 0 fully saturated rings. The fraction of sp³-hybridized carbons (Fsp3) is 0.421. The number of rotatable bonds is 5. The molecule has 106 valence electrons. The summed E-state index contributed by atoms with van der Waals surface area (Å²) in [6, 6.07) is 8.82. The van der Waals surface area contributed by atoms with Gasteiger partial charge in [0.15, 0.2) is 0 Å². The van der Waals surface area contributed by atoms with E-state index in [1.54, 1.807) is 30.5 Å². The monoisotopic (exact) mass is 271 g/mol. The first-order chi connectivity index (χ1) is 11.1. The van der Waals surface area contributed by atoms with Crippen molar-refractivity contribution >= 4 is 0 Å². The van der Waals surface area contributed by atoms with Gasteiger partial charge in [0.25, 0.3) is 0 Å². The summed E-state index contributed by atoms with van der Waals surface area (Å²) in [5.41, 5.74) is 4.03. The molecule has 1 nitrogen and oxygen atoms in total. The Morgan fingerprint density at radius 1 is 1.30 bits per heavy atom. The predicted octanol–water partition coefficient (Wildman–Crippen LogP) is 5.66. The van der Waals surface area contributed by atoms with Crippen molar-refractivity contribution in [3.8, 4) is 11.3 Å². The summed E-state index contributed by atoms with van der Waals surface area (Å²) in [7, 11) is 0. The molecule has 1 aromatic carbocycles. The van der Waals surface area contributed by atoms with E-state index in [1.807, 2.05) is 19.9 Å². The molecule has 2 rings (SSSR count). The SMILES string of the molecule is [2H]C([2H])([2H])c1ccc(-c2cc(C)c(C([2H])(C)CCCC)cn2)cc1. The summed E-state index contributed by atoms with van der Waals surface area (Å²) >= 11 is 0. The maximum Gasteiger partial charge on any atom is 0.0704 e. The summed E-state index contributed by atoms with van der Waals surface area (Å²) in [5.74, 6) is -0.628. The Bertz CT molecular complexity index is 688. The number of aromatic nitrogens is 1. The molecule has 1 aromatic heterocycles. The number of nitrogens with zero attached hydrogens (tertiary/aromatic N) is 1. The van der Waals surface area contributed by atoms with Gasteiger partial charge in [0.05, 0.1) is 5.69 Å². The Hall–Kier alpha value is -1.63. The normalized spacial score (nSPS) is 17.6. The molecule has 0 amide bonds. The van der Waals surface area contributed by atoms with Gasteiger partial charge in [0, 0.05) is 17.2 Å². The van der Waals surface area contributed by atoms with E-state index < -0.39 is 12.7 Å². The maximum atomic E-state index is 8.58. The maximum absolute atomic E-state index is 8.58. The third-order valence-corrected chi connectivity index (χ3v) is 3.66. The van der Waals surface area contributed by atoms with Gasteiger partial charge < -0.3 is 0 Å². The average Bonchev–Trinajstić information content (AvgIpc) is 2.52. The minimum absolute atomic E-state index is 0.331. The first-order valence-electron chi connectivity index (χ1n) is 9.23. The van der Waals surface area contributed by atoms with Crippen molar-refractivity contribution in [3.05, 3.63) is 53.2 Å². The zero-order valence-electron chi connectivity index (χ0n) is 16.5. The number of aryl methyl sites for hydroxylation is 2. The van der Waals surface area contributed by atoms with E-state index in [4.69, 9.17) is 5.48 Å². The number of hydrogen-bond donors (Lipinski definition) is 0. The van der Waals surface area contributed by atoms with Crippen molar-refractivity contribution in [2.45, 2.75) is 52.8 Å². The second-order valence-electron chi connectivity index (χ2n) is 5.35. The molecular weight excluding hydrogens is 242 g/mol. The molecule has 1 atom stereocenters. The van der Waals surface area contributed by atoms with E-state index in [9.17, 15) is 0 Å². The average molecular weight is 271 g/mol. The highest BCUT2D eigenvalue weighted by Gasteiger charge is 2.10. The largest absolute Gasteiger partial charge is 0.256 e. The molecule has 1 unspecified atom stereocenters. The lowest BCUT2D eigenvalue weighted by Crippen LogP contribution is -1.99. The van der Waals surface area contributed by atoms with Crippen LogP contribution in [0, 0.1) is 13.8 Å². The molecule has 0 saturated carbocycles. The fourth-order valence-corrected chi connectivity index (χ4v) is 2.38. The topological polar surface area (TPSA) is 12.9 Å². The summed E-state index contributed by atoms with van der Waals surface area (Å²) in [6.45, 7) is 4.00. The Kier molecular flexibility index (Phi) is 3.40. The summed E-state index contributed by atoms with van der Waals surface area (Å²) in [6.07, 6.45) is 4.72. The van der Waals surface area contributed by atoms with E-state index in [-0.39, 0.29) is 0 Å². The minimum Gasteiger partial charge on any atom is -0.256 e. The van der Waals surface area contributed by atoms with Crippen LogP contribution < -0.4 is 0 Å². The number of unbranched alkanes of at least 4 members (excludes halogenated alkanes) is 1. The van der Waals surface area contributed by atoms with Crippen molar-refractivity contribution < 1.29 is 5.48 Å². The summed E-state index contributed by atoms with van der Waals surface area (Å²) in [5, 5.41) is 0. The van der Waals surface area contributed by atoms with Gasteiger partial charge in [0.1, 0.15) is 0 Å². The van der Waals surface area contributed by atoms with Crippen LogP contribution in [0.3, 0.4) is 0 Å². The molecule has 0 aliphatic heterocycles. The van der Waals surface area contributed by atoms with E-state index >= 15 is 0 Å². The van der Waals surface area contributed by atoms with E-state index in [0.717, 1.165) is 41.6 Å². The minimum atomic E-state index is -2.09. The van der Waals surface area contributed by atoms with Gasteiger partial charge in [-0.3, -0.25) is 4.98 Å². The van der Waals surface area contributed by atoms with Crippen LogP contribution >= 0.6 is 0 Å². The van der Waals surface area contributed by atoms with Crippen LogP contribution in [0.2, 0.25) is 0 Å². The van der Waals surface area contributed by atoms with Crippen LogP contribution in [0.25, 0.3) is 11.3 Å². The van der Waals surface area contributed by atoms with Crippen LogP contribution in [-0.4, -0.2) is 4.98 Å². The van der Waals surface area contributed by atoms with E-state index in [0.29, 0.717) is 5.56 Å². The van der Waals surface area contributed by atoms with Gasteiger partial charge >= 0.3 is 0 Å². The molecule has 1 heterocycles. The van der Waals surface area contributed by atoms with Gasteiger partial charge in [-0.05, 0) is 43.3 Å². The summed E-state index contributed by atoms with van der Waals surface area (Å²) < 4.78 is 30.9. The van der Waals surface area contributed by atoms with Gasteiger partial charge in [-0.2, -0.15) is 0 Å². The highest BCUT2D eigenvalue weighted by molar-refractivity contribution is 5.60. The molecule has 0 aliphatic rings. The first-order valence-corrected chi connectivity index (χ1v) is 7.23. The zero-order chi connectivity index (χ0) is 18.0. The molecule has 0 N–H and O–H groups in total. The van der Waals surface area contributed by atoms with Gasteiger partial charge in [0.2, 0.25) is 0 Å². The predicted molar refractivity (Wildman–Crippen MR) is 87.1 cm³/mol. The molecular formula is C19H25N. The van der Waals surface area contributed by atoms with Crippen molar-refractivity contribution in [3.63, 3.8) is 0 Å². The van der Waals surface area contributed by atoms with Crippen molar-refractivity contribution in [2.24, 2.45) is 0 Å². The second-order valence-corrected chi connectivity index (χ2v) is 5.35. The van der Waals surface area contributed by atoms with Crippen molar-refractivity contribution in [2.75, 3.05) is 0 Å². The van der Waals surface area contributed by atoms with Crippen molar-refractivity contribution in [1.29, 1.82) is 0 Å². The highest BCUT2D eigenvalue weighted by atomic mass is 14.7. The van der Waals surface area contributed by atoms with Crippen LogP contribution in [0.15, 0.2) is 36.5 Å². The molecule has 0 radical (unpaired) electrons. The first kappa shape index (κ1) is 10.1. The molecule has 1 heteroatoms. The number of hydrogen-bond acceptors (Lipinski definition) is 1. The van der Waals surface area contributed by atoms with E-state index in [1.165, 1.54) is 0 Å². The Labute approximate surface area is 128 Å². The quantitative estimate of drug-likeness (QED) is 0.684. The van der Waals surface area contributed by atoms with Gasteiger partial charge in [-0.25, -0.2) is 0 Å². The zero-order valence-corrected chi connectivity index (χ0v) is 12.5. The number of benzene rings is 1. The lowest BCUT2D eigenvalue weighted by molar-refractivity contribution is 0.620. The van der Waals surface area contributed by atoms with Crippen LogP contribution in [-0.2, 0) is 0 Å². The Morgan fingerprint density at radius 2 is 2.05 bits per heavy atom. The van der Waals surface area contributed by atoms with Crippen LogP contribution in [0.4, 0.5) is 0 Å². The Balaban J connectivity index is 2.29. The van der Waals surface area contributed by atoms with Crippen molar-refractivity contribution in [1.82, 2.24) is 4.98 Å². The molecule has 2 aromatic rings. The molecule has 0 saturated heterocycles. The fourth-order valence-electron chi connectivity index (χ4n) is 2.38. The molecule has 20 heavy (non-hydrogen) atoms. The van der Waals surface area contributed by atoms with Crippen LogP contribution in [0.1, 0.15) is 61.2 Å². The summed E-state index contributed by atoms with van der Waals surface area (Å²) in [4.78, 5) is 4.52. The standard InChI is InChI=1S/C19H25N/c1-5-6-7-15(3)18-13-20-19(12-16(18)4)17-10-8-14(2)9-11-17/h8-13,15H,5-7H2,1-4H3/i2D3,15D. The third-order valence-electron chi connectivity index (χ3n) is 3.66. The van der Waals surface area contributed by atoms with E-state index in [2.05, 4.69) is 11.9 Å². The van der Waals surface area contributed by atoms with Gasteiger partial charge in [-0.15, -0.1) is 0 Å². The Morgan fingerprint density at radius 3 is 2.65 bits per heavy atom. The lowest BCUT2D eigenvalue weighted by atomic mass is 9.93. The third kappa shape index (κ3) is 3.47. The molecule has 0 spiro atoms. The lowest BCUT2D eigenvalue weighted by Gasteiger charge is -2.15. The number of pyridine rings is 1. The van der Waals surface area contributed by atoms with Crippen LogP contribution in [0.5, 0.6) is 0 Å². The molecule has 0 aliphatic carbocycles. The van der Waals surface area contributed by atoms with Gasteiger partial charge in [-0.1, -0.05) is 56.5 Å². The molecule has 0 bridgehead atoms.